The van der Waals surface area contributed by atoms with Crippen LogP contribution >= 0.6 is 0 Å². The molecule has 0 unspecified atom stereocenters. The van der Waals surface area contributed by atoms with Gasteiger partial charge in [-0.25, -0.2) is 0 Å². The summed E-state index contributed by atoms with van der Waals surface area (Å²) in [5.74, 6) is 1.93. The molecule has 0 atom stereocenters. The third-order valence-corrected chi connectivity index (χ3v) is 3.77. The first-order valence-electron chi connectivity index (χ1n) is 6.86. The van der Waals surface area contributed by atoms with Crippen LogP contribution in [0.15, 0.2) is 72.8 Å². The lowest BCUT2D eigenvalue weighted by Crippen LogP contribution is -2.04. The van der Waals surface area contributed by atoms with E-state index in [1.54, 1.807) is 0 Å². The quantitative estimate of drug-likeness (QED) is 0.608. The van der Waals surface area contributed by atoms with Gasteiger partial charge in [-0.1, -0.05) is 60.7 Å². The molecule has 0 amide bonds. The minimum atomic E-state index is 0.918. The molecule has 0 N–H and O–H groups in total. The summed E-state index contributed by atoms with van der Waals surface area (Å²) in [5, 5.41) is 2.56. The Morgan fingerprint density at radius 3 is 2.45 bits per heavy atom. The highest BCUT2D eigenvalue weighted by atomic mass is 16.5. The number of hydrogen-bond acceptors (Lipinski definition) is 1. The van der Waals surface area contributed by atoms with E-state index in [-0.39, 0.29) is 0 Å². The Bertz CT molecular complexity index is 800. The molecule has 0 bridgehead atoms. The normalized spacial score (nSPS) is 13.5. The lowest BCUT2D eigenvalue weighted by Gasteiger charge is -2.20. The lowest BCUT2D eigenvalue weighted by atomic mass is 9.98. The van der Waals surface area contributed by atoms with Crippen molar-refractivity contribution in [2.24, 2.45) is 0 Å². The number of benzene rings is 3. The minimum Gasteiger partial charge on any atom is -0.457 e. The van der Waals surface area contributed by atoms with Crippen LogP contribution in [-0.2, 0) is 6.42 Å². The summed E-state index contributed by atoms with van der Waals surface area (Å²) in [7, 11) is 0. The number of rotatable bonds is 1. The largest absolute Gasteiger partial charge is 0.457 e. The Kier molecular flexibility index (Phi) is 2.56. The molecule has 3 aromatic carbocycles. The minimum absolute atomic E-state index is 0.918. The molecule has 0 saturated heterocycles. The van der Waals surface area contributed by atoms with Crippen LogP contribution in [0.1, 0.15) is 11.1 Å². The predicted octanol–water partition coefficient (Wildman–Crippen LogP) is 4.82. The fraction of sp³-hybridized carbons (Fsp3) is 0.0526. The average molecular weight is 258 g/mol. The van der Waals surface area contributed by atoms with Crippen molar-refractivity contribution in [1.29, 1.82) is 0 Å². The van der Waals surface area contributed by atoms with Crippen molar-refractivity contribution >= 4 is 16.5 Å². The summed E-state index contributed by atoms with van der Waals surface area (Å²) in [4.78, 5) is 0. The first-order chi connectivity index (χ1) is 9.92. The molecule has 1 nitrogen and oxygen atoms in total. The van der Waals surface area contributed by atoms with E-state index in [1.165, 1.54) is 16.3 Å². The van der Waals surface area contributed by atoms with E-state index in [1.807, 2.05) is 18.2 Å². The van der Waals surface area contributed by atoms with E-state index in [9.17, 15) is 0 Å². The lowest BCUT2D eigenvalue weighted by molar-refractivity contribution is 0.500. The van der Waals surface area contributed by atoms with Gasteiger partial charge >= 0.3 is 0 Å². The molecule has 1 heterocycles. The summed E-state index contributed by atoms with van der Waals surface area (Å²) >= 11 is 0. The number of hydrogen-bond donors (Lipinski definition) is 0. The van der Waals surface area contributed by atoms with E-state index in [4.69, 9.17) is 4.74 Å². The second-order valence-electron chi connectivity index (χ2n) is 5.00. The van der Waals surface area contributed by atoms with Crippen LogP contribution in [0, 0.1) is 0 Å². The first-order valence-corrected chi connectivity index (χ1v) is 6.86. The van der Waals surface area contributed by atoms with Gasteiger partial charge in [0.25, 0.3) is 0 Å². The van der Waals surface area contributed by atoms with Gasteiger partial charge in [0.1, 0.15) is 11.5 Å². The van der Waals surface area contributed by atoms with Crippen LogP contribution in [0.4, 0.5) is 0 Å². The van der Waals surface area contributed by atoms with Gasteiger partial charge in [0.15, 0.2) is 0 Å². The van der Waals surface area contributed by atoms with E-state index >= 15 is 0 Å². The summed E-state index contributed by atoms with van der Waals surface area (Å²) in [6.45, 7) is 0. The molecule has 0 saturated carbocycles. The van der Waals surface area contributed by atoms with E-state index in [0.29, 0.717) is 0 Å². The van der Waals surface area contributed by atoms with Gasteiger partial charge in [-0.15, -0.1) is 0 Å². The molecule has 1 aliphatic heterocycles. The molecule has 96 valence electrons. The van der Waals surface area contributed by atoms with Crippen LogP contribution in [0.2, 0.25) is 0 Å². The molecule has 0 radical (unpaired) electrons. The van der Waals surface area contributed by atoms with E-state index in [0.717, 1.165) is 23.5 Å². The molecule has 1 aliphatic rings. The highest BCUT2D eigenvalue weighted by Gasteiger charge is 2.15. The zero-order valence-corrected chi connectivity index (χ0v) is 11.0. The van der Waals surface area contributed by atoms with Crippen LogP contribution in [0.25, 0.3) is 16.5 Å². The van der Waals surface area contributed by atoms with Crippen molar-refractivity contribution in [3.8, 4) is 5.75 Å². The number of allylic oxidation sites excluding steroid dienone is 1. The highest BCUT2D eigenvalue weighted by Crippen LogP contribution is 2.35. The molecule has 0 aliphatic carbocycles. The monoisotopic (exact) mass is 258 g/mol. The fourth-order valence-corrected chi connectivity index (χ4v) is 2.76. The van der Waals surface area contributed by atoms with Crippen LogP contribution in [0.5, 0.6) is 5.75 Å². The van der Waals surface area contributed by atoms with Gasteiger partial charge in [0.2, 0.25) is 0 Å². The van der Waals surface area contributed by atoms with Crippen molar-refractivity contribution in [2.75, 3.05) is 0 Å². The Hall–Kier alpha value is -2.54. The van der Waals surface area contributed by atoms with Gasteiger partial charge < -0.3 is 4.74 Å². The molecule has 0 spiro atoms. The zero-order chi connectivity index (χ0) is 13.4. The smallest absolute Gasteiger partial charge is 0.131 e. The number of ether oxygens (including phenoxy) is 1. The Labute approximate surface area is 118 Å². The summed E-state index contributed by atoms with van der Waals surface area (Å²) in [6, 6.07) is 22.9. The molecule has 0 fully saturated rings. The maximum absolute atomic E-state index is 6.09. The first kappa shape index (κ1) is 11.3. The Morgan fingerprint density at radius 1 is 0.750 bits per heavy atom. The van der Waals surface area contributed by atoms with Gasteiger partial charge in [0.05, 0.1) is 0 Å². The van der Waals surface area contributed by atoms with E-state index < -0.39 is 0 Å². The Morgan fingerprint density at radius 2 is 1.55 bits per heavy atom. The summed E-state index contributed by atoms with van der Waals surface area (Å²) in [6.07, 6.45) is 3.09. The van der Waals surface area contributed by atoms with Gasteiger partial charge in [-0.05, 0) is 29.3 Å². The zero-order valence-electron chi connectivity index (χ0n) is 11.0. The van der Waals surface area contributed by atoms with Gasteiger partial charge in [-0.2, -0.15) is 0 Å². The van der Waals surface area contributed by atoms with Crippen molar-refractivity contribution < 1.29 is 4.74 Å². The van der Waals surface area contributed by atoms with Gasteiger partial charge in [0, 0.05) is 11.1 Å². The maximum atomic E-state index is 6.09. The topological polar surface area (TPSA) is 9.23 Å². The molecular formula is C19H14O. The van der Waals surface area contributed by atoms with Gasteiger partial charge in [-0.3, -0.25) is 0 Å². The summed E-state index contributed by atoms with van der Waals surface area (Å²) in [5.41, 5.74) is 2.41. The SMILES string of the molecule is C1=C(c2ccccc2)Oc2ccc3ccccc3c2C1. The molecule has 20 heavy (non-hydrogen) atoms. The molecule has 1 heteroatoms. The van der Waals surface area contributed by atoms with Crippen LogP contribution in [0.3, 0.4) is 0 Å². The third-order valence-electron chi connectivity index (χ3n) is 3.77. The van der Waals surface area contributed by atoms with Crippen molar-refractivity contribution in [1.82, 2.24) is 0 Å². The highest BCUT2D eigenvalue weighted by molar-refractivity contribution is 5.89. The maximum Gasteiger partial charge on any atom is 0.131 e. The van der Waals surface area contributed by atoms with Crippen LogP contribution in [-0.4, -0.2) is 0 Å². The second kappa shape index (κ2) is 4.53. The van der Waals surface area contributed by atoms with Crippen molar-refractivity contribution in [3.05, 3.63) is 83.9 Å². The van der Waals surface area contributed by atoms with E-state index in [2.05, 4.69) is 54.6 Å². The molecular weight excluding hydrogens is 244 g/mol. The Balaban J connectivity index is 1.80. The van der Waals surface area contributed by atoms with Crippen LogP contribution < -0.4 is 4.74 Å². The number of fused-ring (bicyclic) bond motifs is 3. The van der Waals surface area contributed by atoms with Crippen molar-refractivity contribution in [3.63, 3.8) is 0 Å². The van der Waals surface area contributed by atoms with Crippen molar-refractivity contribution in [2.45, 2.75) is 6.42 Å². The third kappa shape index (κ3) is 1.79. The summed E-state index contributed by atoms with van der Waals surface area (Å²) < 4.78 is 6.09. The molecule has 3 aromatic rings. The average Bonchev–Trinajstić information content (AvgIpc) is 2.55. The predicted molar refractivity (Wildman–Crippen MR) is 82.7 cm³/mol. The standard InChI is InChI=1S/C19H14O/c1-2-7-15(8-3-1)18-13-11-17-16-9-5-4-6-14(16)10-12-19(17)20-18/h1-10,12-13H,11H2. The molecule has 4 rings (SSSR count). The second-order valence-corrected chi connectivity index (χ2v) is 5.00. The molecule has 0 aromatic heterocycles. The fourth-order valence-electron chi connectivity index (χ4n) is 2.76.